The van der Waals surface area contributed by atoms with Crippen LogP contribution in [0.1, 0.15) is 38.7 Å². The van der Waals surface area contributed by atoms with Gasteiger partial charge in [-0.25, -0.2) is 0 Å². The van der Waals surface area contributed by atoms with Crippen LogP contribution in [0.3, 0.4) is 0 Å². The molecule has 2 rings (SSSR count). The number of hydrogen-bond donors (Lipinski definition) is 1. The Labute approximate surface area is 118 Å². The molecule has 0 radical (unpaired) electrons. The van der Waals surface area contributed by atoms with E-state index in [1.165, 1.54) is 31.5 Å². The van der Waals surface area contributed by atoms with Crippen molar-refractivity contribution in [1.82, 2.24) is 4.90 Å². The first-order valence-electron chi connectivity index (χ1n) is 7.67. The molecule has 2 nitrogen and oxygen atoms in total. The topological polar surface area (TPSA) is 29.3 Å². The molecule has 2 N–H and O–H groups in total. The highest BCUT2D eigenvalue weighted by molar-refractivity contribution is 5.14. The Bertz CT molecular complexity index is 361. The summed E-state index contributed by atoms with van der Waals surface area (Å²) >= 11 is 0. The fourth-order valence-electron chi connectivity index (χ4n) is 3.16. The van der Waals surface area contributed by atoms with Crippen LogP contribution in [0.15, 0.2) is 30.3 Å². The zero-order chi connectivity index (χ0) is 13.7. The minimum atomic E-state index is 0.374. The minimum absolute atomic E-state index is 0.374. The van der Waals surface area contributed by atoms with Crippen LogP contribution < -0.4 is 5.73 Å². The fraction of sp³-hybridized carbons (Fsp3) is 0.647. The lowest BCUT2D eigenvalue weighted by Gasteiger charge is -2.36. The molecule has 2 heteroatoms. The van der Waals surface area contributed by atoms with E-state index >= 15 is 0 Å². The first kappa shape index (κ1) is 14.5. The molecule has 1 aliphatic heterocycles. The van der Waals surface area contributed by atoms with Crippen LogP contribution in [-0.2, 0) is 6.54 Å². The van der Waals surface area contributed by atoms with Crippen molar-refractivity contribution >= 4 is 0 Å². The van der Waals surface area contributed by atoms with Crippen molar-refractivity contribution in [3.05, 3.63) is 35.9 Å². The van der Waals surface area contributed by atoms with Gasteiger partial charge in [-0.2, -0.15) is 0 Å². The molecule has 106 valence electrons. The molecule has 1 aliphatic rings. The van der Waals surface area contributed by atoms with Gasteiger partial charge in [0.2, 0.25) is 0 Å². The van der Waals surface area contributed by atoms with Gasteiger partial charge in [0.1, 0.15) is 0 Å². The van der Waals surface area contributed by atoms with Crippen LogP contribution in [-0.4, -0.2) is 24.0 Å². The van der Waals surface area contributed by atoms with Crippen LogP contribution in [0.4, 0.5) is 0 Å². The van der Waals surface area contributed by atoms with Gasteiger partial charge in [-0.05, 0) is 43.2 Å². The quantitative estimate of drug-likeness (QED) is 0.880. The lowest BCUT2D eigenvalue weighted by atomic mass is 9.86. The summed E-state index contributed by atoms with van der Waals surface area (Å²) in [5.41, 5.74) is 7.80. The summed E-state index contributed by atoms with van der Waals surface area (Å²) in [4.78, 5) is 2.57. The molecule has 1 aromatic rings. The molecule has 2 unspecified atom stereocenters. The molecule has 1 fully saturated rings. The van der Waals surface area contributed by atoms with Gasteiger partial charge in [-0.1, -0.05) is 44.2 Å². The minimum Gasteiger partial charge on any atom is -0.327 e. The van der Waals surface area contributed by atoms with Gasteiger partial charge in [0.15, 0.2) is 0 Å². The average Bonchev–Trinajstić information content (AvgIpc) is 2.39. The van der Waals surface area contributed by atoms with Crippen molar-refractivity contribution < 1.29 is 0 Å². The van der Waals surface area contributed by atoms with Crippen LogP contribution in [0.25, 0.3) is 0 Å². The predicted molar refractivity (Wildman–Crippen MR) is 81.9 cm³/mol. The Balaban J connectivity index is 1.86. The summed E-state index contributed by atoms with van der Waals surface area (Å²) in [6.07, 6.45) is 3.76. The number of piperidine rings is 1. The van der Waals surface area contributed by atoms with Gasteiger partial charge in [0, 0.05) is 19.1 Å². The summed E-state index contributed by atoms with van der Waals surface area (Å²) in [5.74, 6) is 1.39. The van der Waals surface area contributed by atoms with E-state index in [0.29, 0.717) is 17.9 Å². The van der Waals surface area contributed by atoms with Crippen molar-refractivity contribution in [1.29, 1.82) is 0 Å². The van der Waals surface area contributed by atoms with E-state index < -0.39 is 0 Å². The van der Waals surface area contributed by atoms with Crippen molar-refractivity contribution in [3.8, 4) is 0 Å². The molecule has 0 aliphatic carbocycles. The summed E-state index contributed by atoms with van der Waals surface area (Å²) in [6, 6.07) is 11.2. The van der Waals surface area contributed by atoms with E-state index in [2.05, 4.69) is 49.1 Å². The summed E-state index contributed by atoms with van der Waals surface area (Å²) in [7, 11) is 0. The molecular weight excluding hydrogens is 232 g/mol. The zero-order valence-corrected chi connectivity index (χ0v) is 12.4. The summed E-state index contributed by atoms with van der Waals surface area (Å²) in [6.45, 7) is 8.00. The summed E-state index contributed by atoms with van der Waals surface area (Å²) < 4.78 is 0. The van der Waals surface area contributed by atoms with Crippen molar-refractivity contribution in [3.63, 3.8) is 0 Å². The molecule has 2 atom stereocenters. The standard InChI is InChI=1S/C17H28N2/c1-14(2)11-17(18)16-9-6-10-19(13-16)12-15-7-4-3-5-8-15/h3-5,7-8,14,16-17H,6,9-13,18H2,1-2H3. The lowest BCUT2D eigenvalue weighted by molar-refractivity contribution is 0.144. The van der Waals surface area contributed by atoms with E-state index in [4.69, 9.17) is 5.73 Å². The molecule has 1 heterocycles. The maximum absolute atomic E-state index is 6.38. The van der Waals surface area contributed by atoms with Crippen molar-refractivity contribution in [2.75, 3.05) is 13.1 Å². The predicted octanol–water partition coefficient (Wildman–Crippen LogP) is 3.27. The molecule has 0 aromatic heterocycles. The first-order chi connectivity index (χ1) is 9.15. The molecule has 0 bridgehead atoms. The Morgan fingerprint density at radius 3 is 2.68 bits per heavy atom. The SMILES string of the molecule is CC(C)CC(N)C1CCCN(Cc2ccccc2)C1. The molecule has 19 heavy (non-hydrogen) atoms. The highest BCUT2D eigenvalue weighted by atomic mass is 15.1. The number of rotatable bonds is 5. The lowest BCUT2D eigenvalue weighted by Crippen LogP contribution is -2.43. The summed E-state index contributed by atoms with van der Waals surface area (Å²) in [5, 5.41) is 0. The van der Waals surface area contributed by atoms with E-state index in [-0.39, 0.29) is 0 Å². The molecule has 1 saturated heterocycles. The second-order valence-electron chi connectivity index (χ2n) is 6.42. The monoisotopic (exact) mass is 260 g/mol. The number of nitrogens with two attached hydrogens (primary N) is 1. The van der Waals surface area contributed by atoms with Gasteiger partial charge in [0.25, 0.3) is 0 Å². The zero-order valence-electron chi connectivity index (χ0n) is 12.4. The highest BCUT2D eigenvalue weighted by Gasteiger charge is 2.25. The third-order valence-electron chi connectivity index (χ3n) is 4.14. The molecule has 1 aromatic carbocycles. The van der Waals surface area contributed by atoms with Gasteiger partial charge >= 0.3 is 0 Å². The maximum atomic E-state index is 6.38. The molecule has 0 saturated carbocycles. The van der Waals surface area contributed by atoms with E-state index in [0.717, 1.165) is 13.0 Å². The Morgan fingerprint density at radius 1 is 1.26 bits per heavy atom. The number of benzene rings is 1. The fourth-order valence-corrected chi connectivity index (χ4v) is 3.16. The average molecular weight is 260 g/mol. The Morgan fingerprint density at radius 2 is 2.00 bits per heavy atom. The maximum Gasteiger partial charge on any atom is 0.0233 e. The number of hydrogen-bond acceptors (Lipinski definition) is 2. The third-order valence-corrected chi connectivity index (χ3v) is 4.14. The second kappa shape index (κ2) is 7.06. The normalized spacial score (nSPS) is 22.6. The molecular formula is C17H28N2. The van der Waals surface area contributed by atoms with E-state index in [1.54, 1.807) is 0 Å². The third kappa shape index (κ3) is 4.63. The van der Waals surface area contributed by atoms with Gasteiger partial charge in [0.05, 0.1) is 0 Å². The molecule has 0 amide bonds. The van der Waals surface area contributed by atoms with Gasteiger partial charge < -0.3 is 5.73 Å². The van der Waals surface area contributed by atoms with Crippen LogP contribution in [0, 0.1) is 11.8 Å². The van der Waals surface area contributed by atoms with Crippen LogP contribution >= 0.6 is 0 Å². The van der Waals surface area contributed by atoms with E-state index in [9.17, 15) is 0 Å². The van der Waals surface area contributed by atoms with E-state index in [1.807, 2.05) is 0 Å². The second-order valence-corrected chi connectivity index (χ2v) is 6.42. The van der Waals surface area contributed by atoms with Gasteiger partial charge in [-0.15, -0.1) is 0 Å². The van der Waals surface area contributed by atoms with Crippen molar-refractivity contribution in [2.45, 2.75) is 45.7 Å². The van der Waals surface area contributed by atoms with Gasteiger partial charge in [-0.3, -0.25) is 4.90 Å². The Hall–Kier alpha value is -0.860. The number of likely N-dealkylation sites (tertiary alicyclic amines) is 1. The largest absolute Gasteiger partial charge is 0.327 e. The first-order valence-corrected chi connectivity index (χ1v) is 7.67. The number of nitrogens with zero attached hydrogens (tertiary/aromatic N) is 1. The van der Waals surface area contributed by atoms with Crippen LogP contribution in [0.2, 0.25) is 0 Å². The van der Waals surface area contributed by atoms with Crippen molar-refractivity contribution in [2.24, 2.45) is 17.6 Å². The molecule has 0 spiro atoms. The highest BCUT2D eigenvalue weighted by Crippen LogP contribution is 2.23. The smallest absolute Gasteiger partial charge is 0.0233 e. The van der Waals surface area contributed by atoms with Crippen LogP contribution in [0.5, 0.6) is 0 Å². The Kier molecular flexibility index (Phi) is 5.41.